The topological polar surface area (TPSA) is 121 Å². The van der Waals surface area contributed by atoms with Gasteiger partial charge >= 0.3 is 11.9 Å². The molecule has 0 bridgehead atoms. The van der Waals surface area contributed by atoms with Crippen LogP contribution in [-0.4, -0.2) is 36.3 Å². The number of hydrogen-bond acceptors (Lipinski definition) is 4. The Bertz CT molecular complexity index is 592. The van der Waals surface area contributed by atoms with Crippen molar-refractivity contribution < 1.29 is 28.2 Å². The second kappa shape index (κ2) is 5.05. The highest BCUT2D eigenvalue weighted by Crippen LogP contribution is 2.19. The minimum Gasteiger partial charge on any atom is -0.478 e. The third-order valence-corrected chi connectivity index (χ3v) is 3.43. The van der Waals surface area contributed by atoms with Gasteiger partial charge in [-0.1, -0.05) is 0 Å². The zero-order chi connectivity index (χ0) is 13.9. The van der Waals surface area contributed by atoms with Crippen molar-refractivity contribution in [2.45, 2.75) is 6.92 Å². The molecule has 18 heavy (non-hydrogen) atoms. The number of nitrogens with one attached hydrogen (secondary N) is 1. The molecule has 0 unspecified atom stereocenters. The van der Waals surface area contributed by atoms with E-state index in [9.17, 15) is 18.0 Å². The average molecular weight is 273 g/mol. The summed E-state index contributed by atoms with van der Waals surface area (Å²) >= 11 is 0. The van der Waals surface area contributed by atoms with E-state index in [2.05, 4.69) is 0 Å². The minimum absolute atomic E-state index is 0.200. The van der Waals surface area contributed by atoms with E-state index in [0.29, 0.717) is 0 Å². The molecule has 0 fully saturated rings. The summed E-state index contributed by atoms with van der Waals surface area (Å²) < 4.78 is 24.8. The first-order chi connectivity index (χ1) is 8.26. The van der Waals surface area contributed by atoms with Crippen molar-refractivity contribution in [3.05, 3.63) is 29.3 Å². The quantitative estimate of drug-likeness (QED) is 0.731. The standard InChI is InChI=1S/C10H11NO6S/c1-2-18(16,17)11-8-5-6(9(12)13)3-4-7(8)10(14)15/h3-5,11H,2H2,1H3,(H,12,13)(H,14,15). The predicted octanol–water partition coefficient (Wildman–Crippen LogP) is 0.845. The molecule has 0 spiro atoms. The fourth-order valence-corrected chi connectivity index (χ4v) is 1.84. The molecule has 0 radical (unpaired) electrons. The lowest BCUT2D eigenvalue weighted by atomic mass is 10.1. The summed E-state index contributed by atoms with van der Waals surface area (Å²) in [7, 11) is -3.68. The van der Waals surface area contributed by atoms with Gasteiger partial charge in [-0.05, 0) is 25.1 Å². The zero-order valence-electron chi connectivity index (χ0n) is 9.37. The minimum atomic E-state index is -3.68. The molecule has 0 saturated heterocycles. The van der Waals surface area contributed by atoms with Crippen molar-refractivity contribution >= 4 is 27.6 Å². The molecule has 3 N–H and O–H groups in total. The maximum Gasteiger partial charge on any atom is 0.337 e. The van der Waals surface area contributed by atoms with Crippen molar-refractivity contribution in [2.75, 3.05) is 10.5 Å². The van der Waals surface area contributed by atoms with Crippen LogP contribution in [0.1, 0.15) is 27.6 Å². The van der Waals surface area contributed by atoms with Crippen LogP contribution in [0, 0.1) is 0 Å². The maximum absolute atomic E-state index is 11.4. The van der Waals surface area contributed by atoms with Crippen molar-refractivity contribution in [1.82, 2.24) is 0 Å². The number of sulfonamides is 1. The molecule has 1 aromatic carbocycles. The Kier molecular flexibility index (Phi) is 3.92. The lowest BCUT2D eigenvalue weighted by Crippen LogP contribution is -2.17. The predicted molar refractivity (Wildman–Crippen MR) is 63.4 cm³/mol. The molecule has 0 amide bonds. The van der Waals surface area contributed by atoms with Gasteiger partial charge in [-0.15, -0.1) is 0 Å². The van der Waals surface area contributed by atoms with Crippen LogP contribution in [0.5, 0.6) is 0 Å². The largest absolute Gasteiger partial charge is 0.478 e. The molecule has 1 aromatic rings. The summed E-state index contributed by atoms with van der Waals surface area (Å²) in [6.07, 6.45) is 0. The van der Waals surface area contributed by atoms with Crippen molar-refractivity contribution in [3.63, 3.8) is 0 Å². The van der Waals surface area contributed by atoms with Gasteiger partial charge < -0.3 is 10.2 Å². The van der Waals surface area contributed by atoms with Crippen LogP contribution in [-0.2, 0) is 10.0 Å². The first-order valence-corrected chi connectivity index (χ1v) is 6.53. The van der Waals surface area contributed by atoms with Gasteiger partial charge in [0.05, 0.1) is 22.6 Å². The first kappa shape index (κ1) is 14.0. The lowest BCUT2D eigenvalue weighted by molar-refractivity contribution is 0.0682. The molecule has 0 aliphatic carbocycles. The maximum atomic E-state index is 11.4. The number of benzene rings is 1. The average Bonchev–Trinajstić information content (AvgIpc) is 2.28. The molecule has 0 aliphatic rings. The highest BCUT2D eigenvalue weighted by atomic mass is 32.2. The van der Waals surface area contributed by atoms with Crippen LogP contribution >= 0.6 is 0 Å². The first-order valence-electron chi connectivity index (χ1n) is 4.88. The molecule has 0 aliphatic heterocycles. The molecule has 0 saturated carbocycles. The van der Waals surface area contributed by atoms with Gasteiger partial charge in [0.25, 0.3) is 0 Å². The van der Waals surface area contributed by atoms with E-state index in [-0.39, 0.29) is 22.6 Å². The normalized spacial score (nSPS) is 10.9. The van der Waals surface area contributed by atoms with Gasteiger partial charge in [-0.3, -0.25) is 4.72 Å². The summed E-state index contributed by atoms with van der Waals surface area (Å²) in [6.45, 7) is 1.38. The molecule has 0 atom stereocenters. The smallest absolute Gasteiger partial charge is 0.337 e. The van der Waals surface area contributed by atoms with Gasteiger partial charge in [-0.25, -0.2) is 18.0 Å². The van der Waals surface area contributed by atoms with Gasteiger partial charge in [0.2, 0.25) is 10.0 Å². The van der Waals surface area contributed by atoms with Crippen molar-refractivity contribution in [1.29, 1.82) is 0 Å². The third kappa shape index (κ3) is 3.20. The van der Waals surface area contributed by atoms with Crippen molar-refractivity contribution in [2.24, 2.45) is 0 Å². The van der Waals surface area contributed by atoms with E-state index >= 15 is 0 Å². The van der Waals surface area contributed by atoms with Crippen LogP contribution in [0.3, 0.4) is 0 Å². The number of hydrogen-bond donors (Lipinski definition) is 3. The Labute approximate surface area is 103 Å². The molecule has 8 heteroatoms. The Morgan fingerprint density at radius 3 is 2.28 bits per heavy atom. The number of rotatable bonds is 5. The highest BCUT2D eigenvalue weighted by Gasteiger charge is 2.17. The summed E-state index contributed by atoms with van der Waals surface area (Å²) in [6, 6.07) is 3.10. The summed E-state index contributed by atoms with van der Waals surface area (Å²) in [4.78, 5) is 21.6. The van der Waals surface area contributed by atoms with Crippen LogP contribution in [0.25, 0.3) is 0 Å². The lowest BCUT2D eigenvalue weighted by Gasteiger charge is -2.09. The fraction of sp³-hybridized carbons (Fsp3) is 0.200. The Morgan fingerprint density at radius 1 is 1.22 bits per heavy atom. The molecule has 0 heterocycles. The monoisotopic (exact) mass is 273 g/mol. The zero-order valence-corrected chi connectivity index (χ0v) is 10.2. The van der Waals surface area contributed by atoms with Crippen LogP contribution in [0.2, 0.25) is 0 Å². The van der Waals surface area contributed by atoms with Gasteiger partial charge in [0.15, 0.2) is 0 Å². The van der Waals surface area contributed by atoms with Gasteiger partial charge in [0, 0.05) is 0 Å². The number of anilines is 1. The van der Waals surface area contributed by atoms with Crippen LogP contribution in [0.15, 0.2) is 18.2 Å². The van der Waals surface area contributed by atoms with Gasteiger partial charge in [0.1, 0.15) is 0 Å². The van der Waals surface area contributed by atoms with Crippen LogP contribution in [0.4, 0.5) is 5.69 Å². The molecule has 7 nitrogen and oxygen atoms in total. The Hall–Kier alpha value is -2.09. The van der Waals surface area contributed by atoms with E-state index < -0.39 is 22.0 Å². The molecule has 98 valence electrons. The summed E-state index contributed by atoms with van der Waals surface area (Å²) in [5, 5.41) is 17.7. The number of carbonyl (C=O) groups is 2. The molecular weight excluding hydrogens is 262 g/mol. The summed E-state index contributed by atoms with van der Waals surface area (Å²) in [5.74, 6) is -2.87. The molecule has 1 rings (SSSR count). The second-order valence-electron chi connectivity index (χ2n) is 3.38. The van der Waals surface area contributed by atoms with E-state index in [0.717, 1.165) is 18.2 Å². The van der Waals surface area contributed by atoms with E-state index in [1.54, 1.807) is 0 Å². The van der Waals surface area contributed by atoms with E-state index in [1.165, 1.54) is 6.92 Å². The van der Waals surface area contributed by atoms with E-state index in [4.69, 9.17) is 10.2 Å². The number of carboxylic acid groups (broad SMARTS) is 2. The summed E-state index contributed by atoms with van der Waals surface area (Å²) in [5.41, 5.74) is -0.768. The fourth-order valence-electron chi connectivity index (χ4n) is 1.19. The van der Waals surface area contributed by atoms with Crippen molar-refractivity contribution in [3.8, 4) is 0 Å². The third-order valence-electron chi connectivity index (χ3n) is 2.14. The number of aromatic carboxylic acids is 2. The van der Waals surface area contributed by atoms with Crippen LogP contribution < -0.4 is 4.72 Å². The molecular formula is C10H11NO6S. The second-order valence-corrected chi connectivity index (χ2v) is 5.39. The molecule has 0 aromatic heterocycles. The Morgan fingerprint density at radius 2 is 1.83 bits per heavy atom. The van der Waals surface area contributed by atoms with E-state index in [1.807, 2.05) is 4.72 Å². The SMILES string of the molecule is CCS(=O)(=O)Nc1cc(C(=O)O)ccc1C(=O)O. The highest BCUT2D eigenvalue weighted by molar-refractivity contribution is 7.92. The number of carboxylic acids is 2. The van der Waals surface area contributed by atoms with Gasteiger partial charge in [-0.2, -0.15) is 0 Å². The Balaban J connectivity index is 3.33.